The van der Waals surface area contributed by atoms with Crippen molar-refractivity contribution in [3.63, 3.8) is 0 Å². The van der Waals surface area contributed by atoms with Crippen LogP contribution in [0.5, 0.6) is 0 Å². The van der Waals surface area contributed by atoms with Gasteiger partial charge in [0.1, 0.15) is 16.3 Å². The standard InChI is InChI=1S/C20H11ClN2O/c21-19-14-6-1-3-7-16(14)22-20(23-19)12-9-10-18-15(11-12)13-5-2-4-8-17(13)24-18/h1-11H. The van der Waals surface area contributed by atoms with Gasteiger partial charge in [0.15, 0.2) is 5.82 Å². The van der Waals surface area contributed by atoms with Gasteiger partial charge in [-0.15, -0.1) is 0 Å². The minimum absolute atomic E-state index is 0.466. The smallest absolute Gasteiger partial charge is 0.161 e. The van der Waals surface area contributed by atoms with E-state index in [1.165, 1.54) is 0 Å². The normalized spacial score (nSPS) is 11.5. The van der Waals surface area contributed by atoms with Crippen LogP contribution in [-0.4, -0.2) is 9.97 Å². The van der Waals surface area contributed by atoms with Gasteiger partial charge in [0.2, 0.25) is 0 Å². The van der Waals surface area contributed by atoms with E-state index in [0.29, 0.717) is 11.0 Å². The van der Waals surface area contributed by atoms with Gasteiger partial charge in [-0.2, -0.15) is 0 Å². The molecule has 2 heterocycles. The van der Waals surface area contributed by atoms with Crippen LogP contribution in [0.25, 0.3) is 44.2 Å². The number of nitrogens with zero attached hydrogens (tertiary/aromatic N) is 2. The van der Waals surface area contributed by atoms with Crippen molar-refractivity contribution < 1.29 is 4.42 Å². The first-order chi connectivity index (χ1) is 11.8. The summed E-state index contributed by atoms with van der Waals surface area (Å²) in [4.78, 5) is 9.12. The Morgan fingerprint density at radius 2 is 1.46 bits per heavy atom. The van der Waals surface area contributed by atoms with Crippen molar-refractivity contribution in [1.29, 1.82) is 0 Å². The zero-order chi connectivity index (χ0) is 16.1. The lowest BCUT2D eigenvalue weighted by molar-refractivity contribution is 0.669. The lowest BCUT2D eigenvalue weighted by atomic mass is 10.1. The number of aromatic nitrogens is 2. The predicted molar refractivity (Wildman–Crippen MR) is 97.3 cm³/mol. The van der Waals surface area contributed by atoms with E-state index < -0.39 is 0 Å². The van der Waals surface area contributed by atoms with Crippen molar-refractivity contribution in [1.82, 2.24) is 9.97 Å². The minimum Gasteiger partial charge on any atom is -0.456 e. The highest BCUT2D eigenvalue weighted by Gasteiger charge is 2.11. The molecule has 0 bridgehead atoms. The molecule has 0 atom stereocenters. The molecule has 3 aromatic carbocycles. The Bertz CT molecular complexity index is 1230. The monoisotopic (exact) mass is 330 g/mol. The molecule has 3 nitrogen and oxygen atoms in total. The number of hydrogen-bond donors (Lipinski definition) is 0. The van der Waals surface area contributed by atoms with E-state index in [-0.39, 0.29) is 0 Å². The molecule has 0 aliphatic rings. The van der Waals surface area contributed by atoms with Crippen molar-refractivity contribution in [2.75, 3.05) is 0 Å². The van der Waals surface area contributed by atoms with E-state index in [4.69, 9.17) is 16.0 Å². The molecule has 0 spiro atoms. The van der Waals surface area contributed by atoms with Gasteiger partial charge in [-0.3, -0.25) is 0 Å². The fourth-order valence-electron chi connectivity index (χ4n) is 3.03. The van der Waals surface area contributed by atoms with Crippen LogP contribution in [0, 0.1) is 0 Å². The van der Waals surface area contributed by atoms with Gasteiger partial charge in [-0.25, -0.2) is 9.97 Å². The average Bonchev–Trinajstić information content (AvgIpc) is 2.99. The number of rotatable bonds is 1. The minimum atomic E-state index is 0.466. The molecule has 24 heavy (non-hydrogen) atoms. The Kier molecular flexibility index (Phi) is 2.84. The SMILES string of the molecule is Clc1nc(-c2ccc3oc4ccccc4c3c2)nc2ccccc12. The van der Waals surface area contributed by atoms with Crippen molar-refractivity contribution in [3.8, 4) is 11.4 Å². The van der Waals surface area contributed by atoms with Gasteiger partial charge in [0.25, 0.3) is 0 Å². The lowest BCUT2D eigenvalue weighted by Gasteiger charge is -2.04. The molecule has 0 unspecified atom stereocenters. The van der Waals surface area contributed by atoms with E-state index in [9.17, 15) is 0 Å². The fraction of sp³-hybridized carbons (Fsp3) is 0. The number of furan rings is 1. The van der Waals surface area contributed by atoms with Crippen LogP contribution < -0.4 is 0 Å². The average molecular weight is 331 g/mol. The van der Waals surface area contributed by atoms with E-state index in [2.05, 4.69) is 22.1 Å². The molecule has 5 rings (SSSR count). The summed E-state index contributed by atoms with van der Waals surface area (Å²) in [6.07, 6.45) is 0. The summed E-state index contributed by atoms with van der Waals surface area (Å²) in [5, 5.41) is 3.46. The maximum atomic E-state index is 6.33. The second-order valence-corrected chi connectivity index (χ2v) is 6.02. The second-order valence-electron chi connectivity index (χ2n) is 5.66. The number of fused-ring (bicyclic) bond motifs is 4. The first-order valence-corrected chi connectivity index (χ1v) is 8.01. The van der Waals surface area contributed by atoms with Crippen LogP contribution in [0.2, 0.25) is 5.15 Å². The van der Waals surface area contributed by atoms with Crippen molar-refractivity contribution in [2.45, 2.75) is 0 Å². The number of hydrogen-bond acceptors (Lipinski definition) is 3. The van der Waals surface area contributed by atoms with Gasteiger partial charge in [-0.05, 0) is 36.4 Å². The van der Waals surface area contributed by atoms with Gasteiger partial charge < -0.3 is 4.42 Å². The highest BCUT2D eigenvalue weighted by molar-refractivity contribution is 6.34. The summed E-state index contributed by atoms with van der Waals surface area (Å²) < 4.78 is 5.87. The molecule has 0 saturated carbocycles. The molecule has 0 aliphatic heterocycles. The number of benzene rings is 3. The highest BCUT2D eigenvalue weighted by atomic mass is 35.5. The van der Waals surface area contributed by atoms with Gasteiger partial charge >= 0.3 is 0 Å². The van der Waals surface area contributed by atoms with Gasteiger partial charge in [0.05, 0.1) is 5.52 Å². The molecule has 4 heteroatoms. The van der Waals surface area contributed by atoms with Crippen molar-refractivity contribution in [2.24, 2.45) is 0 Å². The molecule has 0 saturated heterocycles. The first-order valence-electron chi connectivity index (χ1n) is 7.63. The molecule has 2 aromatic heterocycles. The molecule has 114 valence electrons. The lowest BCUT2D eigenvalue weighted by Crippen LogP contribution is -1.91. The second kappa shape index (κ2) is 5.05. The zero-order valence-corrected chi connectivity index (χ0v) is 13.3. The van der Waals surface area contributed by atoms with E-state index >= 15 is 0 Å². The van der Waals surface area contributed by atoms with Crippen LogP contribution in [-0.2, 0) is 0 Å². The Labute approximate surface area is 142 Å². The Morgan fingerprint density at radius 3 is 2.38 bits per heavy atom. The Balaban J connectivity index is 1.78. The molecule has 0 aliphatic carbocycles. The van der Waals surface area contributed by atoms with E-state index in [1.807, 2.05) is 54.6 Å². The first kappa shape index (κ1) is 13.5. The van der Waals surface area contributed by atoms with Crippen LogP contribution in [0.3, 0.4) is 0 Å². The highest BCUT2D eigenvalue weighted by Crippen LogP contribution is 2.32. The third-order valence-electron chi connectivity index (χ3n) is 4.19. The summed E-state index contributed by atoms with van der Waals surface area (Å²) in [5.41, 5.74) is 3.49. The molecule has 0 N–H and O–H groups in total. The quantitative estimate of drug-likeness (QED) is 0.362. The van der Waals surface area contributed by atoms with Crippen LogP contribution >= 0.6 is 11.6 Å². The maximum absolute atomic E-state index is 6.33. The number of para-hydroxylation sites is 2. The number of halogens is 1. The van der Waals surface area contributed by atoms with Crippen molar-refractivity contribution >= 4 is 44.4 Å². The van der Waals surface area contributed by atoms with E-state index in [1.54, 1.807) is 0 Å². The summed E-state index contributed by atoms with van der Waals surface area (Å²) >= 11 is 6.33. The molecule has 5 aromatic rings. The Morgan fingerprint density at radius 1 is 0.708 bits per heavy atom. The van der Waals surface area contributed by atoms with Crippen LogP contribution in [0.15, 0.2) is 71.1 Å². The fourth-order valence-corrected chi connectivity index (χ4v) is 3.27. The summed E-state index contributed by atoms with van der Waals surface area (Å²) in [5.74, 6) is 0.617. The molecule has 0 amide bonds. The van der Waals surface area contributed by atoms with E-state index in [0.717, 1.165) is 38.4 Å². The third kappa shape index (κ3) is 1.99. The van der Waals surface area contributed by atoms with Gasteiger partial charge in [0, 0.05) is 21.7 Å². The third-order valence-corrected chi connectivity index (χ3v) is 4.48. The van der Waals surface area contributed by atoms with Gasteiger partial charge in [-0.1, -0.05) is 41.9 Å². The maximum Gasteiger partial charge on any atom is 0.161 e. The molecular formula is C20H11ClN2O. The summed E-state index contributed by atoms with van der Waals surface area (Å²) in [7, 11) is 0. The molecule has 0 radical (unpaired) electrons. The Hall–Kier alpha value is -2.91. The molecule has 0 fully saturated rings. The van der Waals surface area contributed by atoms with Crippen molar-refractivity contribution in [3.05, 3.63) is 71.9 Å². The van der Waals surface area contributed by atoms with Crippen LogP contribution in [0.4, 0.5) is 0 Å². The predicted octanol–water partition coefficient (Wildman–Crippen LogP) is 5.85. The summed E-state index contributed by atoms with van der Waals surface area (Å²) in [6.45, 7) is 0. The zero-order valence-electron chi connectivity index (χ0n) is 12.5. The topological polar surface area (TPSA) is 38.9 Å². The van der Waals surface area contributed by atoms with Crippen LogP contribution in [0.1, 0.15) is 0 Å². The summed E-state index contributed by atoms with van der Waals surface area (Å²) in [6, 6.07) is 21.7. The molecular weight excluding hydrogens is 320 g/mol. The largest absolute Gasteiger partial charge is 0.456 e.